The van der Waals surface area contributed by atoms with E-state index in [2.05, 4.69) is 58.1 Å². The Morgan fingerprint density at radius 2 is 1.82 bits per heavy atom. The molecule has 96 valence electrons. The molecule has 1 unspecified atom stereocenters. The van der Waals surface area contributed by atoms with Crippen LogP contribution in [0.3, 0.4) is 0 Å². The van der Waals surface area contributed by atoms with E-state index < -0.39 is 0 Å². The molecule has 0 radical (unpaired) electrons. The minimum absolute atomic E-state index is 0.587. The molecule has 0 bridgehead atoms. The Labute approximate surface area is 107 Å². The fourth-order valence-corrected chi connectivity index (χ4v) is 2.03. The van der Waals surface area contributed by atoms with E-state index in [1.54, 1.807) is 0 Å². The average molecular weight is 233 g/mol. The molecule has 1 heteroatoms. The molecule has 1 rings (SSSR count). The Kier molecular flexibility index (Phi) is 5.70. The molecule has 0 heterocycles. The molecule has 17 heavy (non-hydrogen) atoms. The van der Waals surface area contributed by atoms with Crippen LogP contribution in [0.25, 0.3) is 0 Å². The van der Waals surface area contributed by atoms with Crippen molar-refractivity contribution in [2.75, 3.05) is 6.54 Å². The van der Waals surface area contributed by atoms with E-state index >= 15 is 0 Å². The zero-order chi connectivity index (χ0) is 12.8. The molecule has 0 saturated heterocycles. The van der Waals surface area contributed by atoms with E-state index in [-0.39, 0.29) is 0 Å². The van der Waals surface area contributed by atoms with Crippen molar-refractivity contribution >= 4 is 0 Å². The Hall–Kier alpha value is -0.820. The third-order valence-corrected chi connectivity index (χ3v) is 3.49. The van der Waals surface area contributed by atoms with Crippen molar-refractivity contribution in [3.05, 3.63) is 34.9 Å². The number of benzene rings is 1. The third kappa shape index (κ3) is 4.91. The van der Waals surface area contributed by atoms with Crippen molar-refractivity contribution in [3.8, 4) is 0 Å². The first-order valence-electron chi connectivity index (χ1n) is 6.82. The molecule has 0 aliphatic heterocycles. The Morgan fingerprint density at radius 3 is 2.35 bits per heavy atom. The fraction of sp³-hybridized carbons (Fsp3) is 0.625. The SMILES string of the molecule is CCC(CNC(C)C)Cc1ccc(C)c(C)c1. The molecule has 0 saturated carbocycles. The van der Waals surface area contributed by atoms with Crippen LogP contribution in [0, 0.1) is 19.8 Å². The molecule has 1 aromatic rings. The highest BCUT2D eigenvalue weighted by Gasteiger charge is 2.08. The van der Waals surface area contributed by atoms with Gasteiger partial charge in [-0.2, -0.15) is 0 Å². The van der Waals surface area contributed by atoms with E-state index in [4.69, 9.17) is 0 Å². The maximum absolute atomic E-state index is 3.54. The molecule has 0 fully saturated rings. The molecule has 1 aromatic carbocycles. The molecule has 1 N–H and O–H groups in total. The van der Waals surface area contributed by atoms with Gasteiger partial charge >= 0.3 is 0 Å². The number of aryl methyl sites for hydroxylation is 2. The van der Waals surface area contributed by atoms with Gasteiger partial charge in [0.1, 0.15) is 0 Å². The summed E-state index contributed by atoms with van der Waals surface area (Å²) < 4.78 is 0. The van der Waals surface area contributed by atoms with Crippen LogP contribution in [-0.4, -0.2) is 12.6 Å². The van der Waals surface area contributed by atoms with Gasteiger partial charge in [0.15, 0.2) is 0 Å². The van der Waals surface area contributed by atoms with Crippen molar-refractivity contribution in [2.24, 2.45) is 5.92 Å². The van der Waals surface area contributed by atoms with Crippen LogP contribution in [0.1, 0.15) is 43.9 Å². The lowest BCUT2D eigenvalue weighted by Crippen LogP contribution is -2.29. The molecule has 1 nitrogen and oxygen atoms in total. The molecule has 0 spiro atoms. The fourth-order valence-electron chi connectivity index (χ4n) is 2.03. The minimum atomic E-state index is 0.587. The maximum Gasteiger partial charge on any atom is 0.00104 e. The summed E-state index contributed by atoms with van der Waals surface area (Å²) in [5.41, 5.74) is 4.28. The zero-order valence-electron chi connectivity index (χ0n) is 12.0. The lowest BCUT2D eigenvalue weighted by atomic mass is 9.94. The normalized spacial score (nSPS) is 13.1. The van der Waals surface area contributed by atoms with Crippen molar-refractivity contribution in [1.29, 1.82) is 0 Å². The Bertz CT molecular complexity index is 341. The summed E-state index contributed by atoms with van der Waals surface area (Å²) in [4.78, 5) is 0. The van der Waals surface area contributed by atoms with Crippen molar-refractivity contribution in [1.82, 2.24) is 5.32 Å². The molecule has 0 aliphatic carbocycles. The van der Waals surface area contributed by atoms with Gasteiger partial charge in [-0.25, -0.2) is 0 Å². The van der Waals surface area contributed by atoms with Gasteiger partial charge in [-0.15, -0.1) is 0 Å². The summed E-state index contributed by atoms with van der Waals surface area (Å²) in [5, 5.41) is 3.54. The zero-order valence-corrected chi connectivity index (χ0v) is 12.0. The third-order valence-electron chi connectivity index (χ3n) is 3.49. The lowest BCUT2D eigenvalue weighted by Gasteiger charge is -2.18. The topological polar surface area (TPSA) is 12.0 Å². The van der Waals surface area contributed by atoms with E-state index in [0.29, 0.717) is 6.04 Å². The monoisotopic (exact) mass is 233 g/mol. The van der Waals surface area contributed by atoms with Crippen LogP contribution in [-0.2, 0) is 6.42 Å². The van der Waals surface area contributed by atoms with Crippen LogP contribution in [0.5, 0.6) is 0 Å². The summed E-state index contributed by atoms with van der Waals surface area (Å²) in [6.07, 6.45) is 2.43. The van der Waals surface area contributed by atoms with Gasteiger partial charge in [0, 0.05) is 6.04 Å². The summed E-state index contributed by atoms with van der Waals surface area (Å²) in [6, 6.07) is 7.45. The molecular formula is C16H27N. The van der Waals surface area contributed by atoms with Gasteiger partial charge in [0.25, 0.3) is 0 Å². The molecule has 0 aromatic heterocycles. The first-order valence-corrected chi connectivity index (χ1v) is 6.82. The van der Waals surface area contributed by atoms with E-state index in [1.807, 2.05) is 0 Å². The van der Waals surface area contributed by atoms with Gasteiger partial charge in [0.05, 0.1) is 0 Å². The highest BCUT2D eigenvalue weighted by atomic mass is 14.9. The predicted molar refractivity (Wildman–Crippen MR) is 76.5 cm³/mol. The second-order valence-corrected chi connectivity index (χ2v) is 5.46. The Morgan fingerprint density at radius 1 is 1.12 bits per heavy atom. The van der Waals surface area contributed by atoms with Crippen LogP contribution in [0.2, 0.25) is 0 Å². The highest BCUT2D eigenvalue weighted by Crippen LogP contribution is 2.15. The first-order chi connectivity index (χ1) is 8.02. The number of hydrogen-bond donors (Lipinski definition) is 1. The summed E-state index contributed by atoms with van der Waals surface area (Å²) in [6.45, 7) is 12.2. The first kappa shape index (κ1) is 14.2. The van der Waals surface area contributed by atoms with E-state index in [0.717, 1.165) is 12.5 Å². The van der Waals surface area contributed by atoms with Crippen LogP contribution < -0.4 is 5.32 Å². The summed E-state index contributed by atoms with van der Waals surface area (Å²) in [5.74, 6) is 0.750. The second kappa shape index (κ2) is 6.80. The number of nitrogens with one attached hydrogen (secondary N) is 1. The lowest BCUT2D eigenvalue weighted by molar-refractivity contribution is 0.436. The van der Waals surface area contributed by atoms with Gasteiger partial charge < -0.3 is 5.32 Å². The van der Waals surface area contributed by atoms with Crippen LogP contribution >= 0.6 is 0 Å². The van der Waals surface area contributed by atoms with Crippen molar-refractivity contribution in [3.63, 3.8) is 0 Å². The van der Waals surface area contributed by atoms with Gasteiger partial charge in [-0.05, 0) is 49.4 Å². The van der Waals surface area contributed by atoms with Crippen LogP contribution in [0.15, 0.2) is 18.2 Å². The number of rotatable bonds is 6. The van der Waals surface area contributed by atoms with Crippen molar-refractivity contribution < 1.29 is 0 Å². The summed E-state index contributed by atoms with van der Waals surface area (Å²) in [7, 11) is 0. The number of hydrogen-bond acceptors (Lipinski definition) is 1. The minimum Gasteiger partial charge on any atom is -0.314 e. The highest BCUT2D eigenvalue weighted by molar-refractivity contribution is 5.30. The predicted octanol–water partition coefficient (Wildman–Crippen LogP) is 3.87. The smallest absolute Gasteiger partial charge is 0.00104 e. The second-order valence-electron chi connectivity index (χ2n) is 5.46. The molecular weight excluding hydrogens is 206 g/mol. The van der Waals surface area contributed by atoms with Gasteiger partial charge in [-0.3, -0.25) is 0 Å². The quantitative estimate of drug-likeness (QED) is 0.786. The van der Waals surface area contributed by atoms with Crippen LogP contribution in [0.4, 0.5) is 0 Å². The summed E-state index contributed by atoms with van der Waals surface area (Å²) >= 11 is 0. The molecule has 1 atom stereocenters. The van der Waals surface area contributed by atoms with Gasteiger partial charge in [-0.1, -0.05) is 45.4 Å². The maximum atomic E-state index is 3.54. The standard InChI is InChI=1S/C16H27N/c1-6-15(11-17-12(2)3)10-16-8-7-13(4)14(5)9-16/h7-9,12,15,17H,6,10-11H2,1-5H3. The van der Waals surface area contributed by atoms with E-state index in [9.17, 15) is 0 Å². The van der Waals surface area contributed by atoms with Crippen molar-refractivity contribution in [2.45, 2.75) is 53.5 Å². The Balaban J connectivity index is 2.57. The van der Waals surface area contributed by atoms with Gasteiger partial charge in [0.2, 0.25) is 0 Å². The largest absolute Gasteiger partial charge is 0.314 e. The molecule has 0 aliphatic rings. The van der Waals surface area contributed by atoms with E-state index in [1.165, 1.54) is 29.5 Å². The molecule has 0 amide bonds. The average Bonchev–Trinajstić information content (AvgIpc) is 2.28.